The van der Waals surface area contributed by atoms with Gasteiger partial charge in [-0.1, -0.05) is 0 Å². The van der Waals surface area contributed by atoms with Gasteiger partial charge in [-0.2, -0.15) is 5.26 Å². The number of carbonyl (C=O) groups is 1. The fourth-order valence-corrected chi connectivity index (χ4v) is 1.95. The first kappa shape index (κ1) is 11.4. The highest BCUT2D eigenvalue weighted by atomic mass is 19.1. The topological polar surface area (TPSA) is 56.1 Å². The third kappa shape index (κ3) is 2.36. The van der Waals surface area contributed by atoms with E-state index in [2.05, 4.69) is 5.32 Å². The summed E-state index contributed by atoms with van der Waals surface area (Å²) in [5.74, 6) is -0.464. The van der Waals surface area contributed by atoms with Crippen LogP contribution in [0.2, 0.25) is 0 Å². The molecule has 1 unspecified atom stereocenters. The molecule has 4 nitrogen and oxygen atoms in total. The van der Waals surface area contributed by atoms with E-state index >= 15 is 0 Å². The second-order valence-electron chi connectivity index (χ2n) is 3.84. The molecule has 0 aromatic heterocycles. The number of nitriles is 1. The number of piperazine rings is 1. The van der Waals surface area contributed by atoms with Gasteiger partial charge >= 0.3 is 0 Å². The number of anilines is 1. The van der Waals surface area contributed by atoms with E-state index in [1.54, 1.807) is 12.1 Å². The summed E-state index contributed by atoms with van der Waals surface area (Å²) in [6.45, 7) is 1.17. The lowest BCUT2D eigenvalue weighted by atomic mass is 10.1. The molecule has 2 rings (SSSR count). The van der Waals surface area contributed by atoms with E-state index in [1.165, 1.54) is 12.1 Å². The van der Waals surface area contributed by atoms with Gasteiger partial charge in [0, 0.05) is 18.8 Å². The van der Waals surface area contributed by atoms with Gasteiger partial charge in [0.15, 0.2) is 0 Å². The van der Waals surface area contributed by atoms with Crippen LogP contribution < -0.4 is 10.2 Å². The fraction of sp³-hybridized carbons (Fsp3) is 0.333. The molecule has 1 aromatic rings. The van der Waals surface area contributed by atoms with Gasteiger partial charge in [0.1, 0.15) is 11.9 Å². The number of hydrogen-bond acceptors (Lipinski definition) is 3. The molecule has 0 spiro atoms. The minimum Gasteiger partial charge on any atom is -0.357 e. The Bertz CT molecular complexity index is 452. The van der Waals surface area contributed by atoms with Gasteiger partial charge in [0.05, 0.1) is 12.5 Å². The van der Waals surface area contributed by atoms with Crippen molar-refractivity contribution in [2.45, 2.75) is 12.5 Å². The van der Waals surface area contributed by atoms with Crippen molar-refractivity contribution in [2.75, 3.05) is 18.0 Å². The predicted molar refractivity (Wildman–Crippen MR) is 60.8 cm³/mol. The second kappa shape index (κ2) is 4.83. The first-order valence-electron chi connectivity index (χ1n) is 5.39. The van der Waals surface area contributed by atoms with Crippen molar-refractivity contribution in [2.24, 2.45) is 0 Å². The lowest BCUT2D eigenvalue weighted by Crippen LogP contribution is -2.55. The van der Waals surface area contributed by atoms with Gasteiger partial charge in [-0.3, -0.25) is 4.79 Å². The molecule has 5 heteroatoms. The van der Waals surface area contributed by atoms with Crippen molar-refractivity contribution in [3.63, 3.8) is 0 Å². The van der Waals surface area contributed by atoms with Crippen LogP contribution in [-0.4, -0.2) is 25.0 Å². The highest BCUT2D eigenvalue weighted by molar-refractivity contribution is 5.86. The number of amides is 1. The molecule has 1 N–H and O–H groups in total. The summed E-state index contributed by atoms with van der Waals surface area (Å²) < 4.78 is 12.8. The van der Waals surface area contributed by atoms with E-state index in [-0.39, 0.29) is 18.1 Å². The van der Waals surface area contributed by atoms with E-state index in [4.69, 9.17) is 5.26 Å². The minimum absolute atomic E-state index is 0.128. The Balaban J connectivity index is 2.25. The van der Waals surface area contributed by atoms with Crippen LogP contribution in [0.1, 0.15) is 6.42 Å². The summed E-state index contributed by atoms with van der Waals surface area (Å²) in [5, 5.41) is 11.5. The molecule has 1 fully saturated rings. The molecule has 1 amide bonds. The van der Waals surface area contributed by atoms with Crippen molar-refractivity contribution in [1.82, 2.24) is 5.32 Å². The Hall–Kier alpha value is -2.09. The average molecular weight is 233 g/mol. The zero-order chi connectivity index (χ0) is 12.3. The van der Waals surface area contributed by atoms with Gasteiger partial charge in [-0.15, -0.1) is 0 Å². The molecule has 1 atom stereocenters. The van der Waals surface area contributed by atoms with Crippen LogP contribution in [0.25, 0.3) is 0 Å². The molecule has 1 heterocycles. The fourth-order valence-electron chi connectivity index (χ4n) is 1.95. The Labute approximate surface area is 98.6 Å². The van der Waals surface area contributed by atoms with E-state index < -0.39 is 6.04 Å². The van der Waals surface area contributed by atoms with Crippen LogP contribution in [0.15, 0.2) is 24.3 Å². The summed E-state index contributed by atoms with van der Waals surface area (Å²) >= 11 is 0. The lowest BCUT2D eigenvalue weighted by molar-refractivity contribution is -0.123. The van der Waals surface area contributed by atoms with Crippen molar-refractivity contribution >= 4 is 11.6 Å². The Morgan fingerprint density at radius 3 is 2.82 bits per heavy atom. The third-order valence-electron chi connectivity index (χ3n) is 2.77. The molecule has 0 bridgehead atoms. The number of benzene rings is 1. The molecule has 17 heavy (non-hydrogen) atoms. The minimum atomic E-state index is -0.487. The second-order valence-corrected chi connectivity index (χ2v) is 3.84. The quantitative estimate of drug-likeness (QED) is 0.830. The van der Waals surface area contributed by atoms with Crippen LogP contribution in [0.4, 0.5) is 10.1 Å². The van der Waals surface area contributed by atoms with E-state index in [1.807, 2.05) is 11.0 Å². The predicted octanol–water partition coefficient (Wildman–Crippen LogP) is 1.04. The van der Waals surface area contributed by atoms with Crippen LogP contribution in [0.5, 0.6) is 0 Å². The number of halogens is 1. The van der Waals surface area contributed by atoms with Crippen molar-refractivity contribution in [1.29, 1.82) is 5.26 Å². The monoisotopic (exact) mass is 233 g/mol. The number of nitrogens with zero attached hydrogens (tertiary/aromatic N) is 2. The van der Waals surface area contributed by atoms with E-state index in [0.29, 0.717) is 13.1 Å². The Morgan fingerprint density at radius 1 is 1.47 bits per heavy atom. The average Bonchev–Trinajstić information content (AvgIpc) is 2.33. The molecular weight excluding hydrogens is 221 g/mol. The van der Waals surface area contributed by atoms with Crippen LogP contribution in [0, 0.1) is 17.1 Å². The maximum atomic E-state index is 12.8. The molecule has 0 saturated carbocycles. The normalized spacial score (nSPS) is 19.6. The van der Waals surface area contributed by atoms with Crippen LogP contribution in [-0.2, 0) is 4.79 Å². The number of nitrogens with one attached hydrogen (secondary N) is 1. The summed E-state index contributed by atoms with van der Waals surface area (Å²) in [5.41, 5.74) is 0.765. The first-order chi connectivity index (χ1) is 8.22. The molecule has 88 valence electrons. The molecule has 1 aliphatic heterocycles. The number of carbonyl (C=O) groups excluding carboxylic acids is 1. The zero-order valence-electron chi connectivity index (χ0n) is 9.19. The molecule has 1 saturated heterocycles. The van der Waals surface area contributed by atoms with Crippen LogP contribution >= 0.6 is 0 Å². The zero-order valence-corrected chi connectivity index (χ0v) is 9.19. The highest BCUT2D eigenvalue weighted by Crippen LogP contribution is 2.20. The first-order valence-corrected chi connectivity index (χ1v) is 5.39. The maximum absolute atomic E-state index is 12.8. The van der Waals surface area contributed by atoms with Crippen molar-refractivity contribution in [3.05, 3.63) is 30.1 Å². The molecule has 0 radical (unpaired) electrons. The number of rotatable bonds is 2. The molecule has 1 aromatic carbocycles. The van der Waals surface area contributed by atoms with E-state index in [9.17, 15) is 9.18 Å². The van der Waals surface area contributed by atoms with Gasteiger partial charge in [0.25, 0.3) is 0 Å². The summed E-state index contributed by atoms with van der Waals surface area (Å²) in [6.07, 6.45) is 0.128. The van der Waals surface area contributed by atoms with Gasteiger partial charge in [0.2, 0.25) is 5.91 Å². The summed E-state index contributed by atoms with van der Waals surface area (Å²) in [7, 11) is 0. The van der Waals surface area contributed by atoms with Crippen molar-refractivity contribution in [3.8, 4) is 6.07 Å². The summed E-state index contributed by atoms with van der Waals surface area (Å²) in [4.78, 5) is 13.5. The SMILES string of the molecule is N#CCC1C(=O)NCCN1c1ccc(F)cc1. The summed E-state index contributed by atoms with van der Waals surface area (Å²) in [6, 6.07) is 7.47. The standard InChI is InChI=1S/C12H12FN3O/c13-9-1-3-10(4-2-9)16-8-7-15-12(17)11(16)5-6-14/h1-4,11H,5,7-8H2,(H,15,17). The third-order valence-corrected chi connectivity index (χ3v) is 2.77. The Kier molecular flexibility index (Phi) is 3.24. The number of hydrogen-bond donors (Lipinski definition) is 1. The molecule has 0 aliphatic carbocycles. The van der Waals surface area contributed by atoms with Crippen molar-refractivity contribution < 1.29 is 9.18 Å². The van der Waals surface area contributed by atoms with Gasteiger partial charge < -0.3 is 10.2 Å². The smallest absolute Gasteiger partial charge is 0.243 e. The van der Waals surface area contributed by atoms with E-state index in [0.717, 1.165) is 5.69 Å². The van der Waals surface area contributed by atoms with Gasteiger partial charge in [-0.25, -0.2) is 4.39 Å². The molecular formula is C12H12FN3O. The van der Waals surface area contributed by atoms with Gasteiger partial charge in [-0.05, 0) is 24.3 Å². The highest BCUT2D eigenvalue weighted by Gasteiger charge is 2.29. The largest absolute Gasteiger partial charge is 0.357 e. The lowest BCUT2D eigenvalue weighted by Gasteiger charge is -2.35. The maximum Gasteiger partial charge on any atom is 0.243 e. The Morgan fingerprint density at radius 2 is 2.18 bits per heavy atom. The van der Waals surface area contributed by atoms with Crippen LogP contribution in [0.3, 0.4) is 0 Å². The molecule has 1 aliphatic rings.